The quantitative estimate of drug-likeness (QED) is 0.789. The molecule has 0 fully saturated rings. The molecule has 0 N–H and O–H groups in total. The number of hydrogen-bond acceptors (Lipinski definition) is 3. The average molecular weight is 252 g/mol. The lowest BCUT2D eigenvalue weighted by atomic mass is 9.89. The second-order valence-electron chi connectivity index (χ2n) is 5.01. The van der Waals surface area contributed by atoms with E-state index in [0.29, 0.717) is 6.42 Å². The minimum Gasteiger partial charge on any atom is -0.294 e. The van der Waals surface area contributed by atoms with Gasteiger partial charge in [0.1, 0.15) is 0 Å². The van der Waals surface area contributed by atoms with Crippen LogP contribution in [0.1, 0.15) is 40.0 Å². The number of fused-ring (bicyclic) bond motifs is 1. The van der Waals surface area contributed by atoms with Gasteiger partial charge in [-0.25, -0.2) is 0 Å². The Morgan fingerprint density at radius 1 is 1.11 bits per heavy atom. The Bertz CT molecular complexity index is 593. The topological polar surface area (TPSA) is 42.9 Å². The molecule has 1 aliphatic carbocycles. The molecule has 2 aromatic rings. The first-order valence-corrected chi connectivity index (χ1v) is 6.74. The lowest BCUT2D eigenvalue weighted by Crippen LogP contribution is -2.09. The van der Waals surface area contributed by atoms with Gasteiger partial charge >= 0.3 is 0 Å². The van der Waals surface area contributed by atoms with Crippen LogP contribution in [0, 0.1) is 0 Å². The van der Waals surface area contributed by atoms with Gasteiger partial charge in [0.05, 0.1) is 12.1 Å². The van der Waals surface area contributed by atoms with E-state index in [0.717, 1.165) is 24.1 Å². The molecule has 0 aliphatic heterocycles. The van der Waals surface area contributed by atoms with E-state index in [4.69, 9.17) is 0 Å². The summed E-state index contributed by atoms with van der Waals surface area (Å²) in [7, 11) is 0. The largest absolute Gasteiger partial charge is 0.294 e. The van der Waals surface area contributed by atoms with Gasteiger partial charge in [-0.2, -0.15) is 10.2 Å². The van der Waals surface area contributed by atoms with E-state index in [1.165, 1.54) is 24.0 Å². The standard InChI is InChI=1S/C16H16N2O/c19-16(11-15-6-3-9-17-18-15)14-8-7-12-4-1-2-5-13(12)10-14/h3,6-10H,1-2,4-5,11H2. The normalized spacial score (nSPS) is 13.9. The Kier molecular flexibility index (Phi) is 3.36. The molecule has 0 saturated heterocycles. The van der Waals surface area contributed by atoms with Crippen LogP contribution >= 0.6 is 0 Å². The third-order valence-electron chi connectivity index (χ3n) is 3.64. The van der Waals surface area contributed by atoms with Crippen molar-refractivity contribution in [1.29, 1.82) is 0 Å². The van der Waals surface area contributed by atoms with Gasteiger partial charge in [-0.05, 0) is 55.0 Å². The number of nitrogens with zero attached hydrogens (tertiary/aromatic N) is 2. The molecule has 0 saturated carbocycles. The Balaban J connectivity index is 1.80. The van der Waals surface area contributed by atoms with Crippen molar-refractivity contribution in [3.05, 3.63) is 58.9 Å². The van der Waals surface area contributed by atoms with Gasteiger partial charge in [0.2, 0.25) is 0 Å². The molecule has 0 atom stereocenters. The number of benzene rings is 1. The number of rotatable bonds is 3. The van der Waals surface area contributed by atoms with Crippen molar-refractivity contribution in [3.8, 4) is 0 Å². The number of carbonyl (C=O) groups is 1. The molecule has 0 spiro atoms. The van der Waals surface area contributed by atoms with Gasteiger partial charge < -0.3 is 0 Å². The molecular weight excluding hydrogens is 236 g/mol. The molecule has 19 heavy (non-hydrogen) atoms. The second-order valence-corrected chi connectivity index (χ2v) is 5.01. The van der Waals surface area contributed by atoms with Gasteiger partial charge in [-0.15, -0.1) is 0 Å². The van der Waals surface area contributed by atoms with Gasteiger partial charge in [-0.1, -0.05) is 12.1 Å². The molecule has 1 heterocycles. The molecule has 3 heteroatoms. The second kappa shape index (κ2) is 5.31. The molecule has 3 rings (SSSR count). The maximum atomic E-state index is 12.2. The van der Waals surface area contributed by atoms with Crippen LogP contribution in [0.4, 0.5) is 0 Å². The fourth-order valence-corrected chi connectivity index (χ4v) is 2.60. The van der Waals surface area contributed by atoms with Crippen molar-refractivity contribution in [2.75, 3.05) is 0 Å². The molecule has 1 aromatic carbocycles. The first-order chi connectivity index (χ1) is 9.33. The molecule has 96 valence electrons. The molecule has 0 bridgehead atoms. The lowest BCUT2D eigenvalue weighted by Gasteiger charge is -2.16. The predicted octanol–water partition coefficient (Wildman–Crippen LogP) is 2.78. The summed E-state index contributed by atoms with van der Waals surface area (Å²) in [5.41, 5.74) is 4.27. The summed E-state index contributed by atoms with van der Waals surface area (Å²) in [6.07, 6.45) is 6.68. The monoisotopic (exact) mass is 252 g/mol. The summed E-state index contributed by atoms with van der Waals surface area (Å²) in [5.74, 6) is 0.119. The van der Waals surface area contributed by atoms with Crippen molar-refractivity contribution in [3.63, 3.8) is 0 Å². The van der Waals surface area contributed by atoms with E-state index < -0.39 is 0 Å². The van der Waals surface area contributed by atoms with Crippen molar-refractivity contribution in [2.24, 2.45) is 0 Å². The number of aryl methyl sites for hydroxylation is 2. The Labute approximate surface area is 112 Å². The summed E-state index contributed by atoms with van der Waals surface area (Å²) in [5, 5.41) is 7.76. The van der Waals surface area contributed by atoms with Crippen LogP contribution in [0.5, 0.6) is 0 Å². The molecule has 1 aromatic heterocycles. The lowest BCUT2D eigenvalue weighted by molar-refractivity contribution is 0.0991. The van der Waals surface area contributed by atoms with Crippen LogP contribution in [0.25, 0.3) is 0 Å². The number of carbonyl (C=O) groups excluding carboxylic acids is 1. The van der Waals surface area contributed by atoms with E-state index in [-0.39, 0.29) is 5.78 Å². The third-order valence-corrected chi connectivity index (χ3v) is 3.64. The summed E-state index contributed by atoms with van der Waals surface area (Å²) in [4.78, 5) is 12.2. The highest BCUT2D eigenvalue weighted by molar-refractivity contribution is 5.97. The predicted molar refractivity (Wildman–Crippen MR) is 73.2 cm³/mol. The number of ketones is 1. The Morgan fingerprint density at radius 3 is 2.74 bits per heavy atom. The van der Waals surface area contributed by atoms with E-state index in [2.05, 4.69) is 22.3 Å². The number of Topliss-reactive ketones (excluding diaryl/α,β-unsaturated/α-hetero) is 1. The summed E-state index contributed by atoms with van der Waals surface area (Å²) >= 11 is 0. The highest BCUT2D eigenvalue weighted by atomic mass is 16.1. The molecule has 1 aliphatic rings. The maximum Gasteiger partial charge on any atom is 0.168 e. The van der Waals surface area contributed by atoms with E-state index in [9.17, 15) is 4.79 Å². The van der Waals surface area contributed by atoms with Crippen molar-refractivity contribution in [1.82, 2.24) is 10.2 Å². The molecular formula is C16H16N2O. The number of aromatic nitrogens is 2. The van der Waals surface area contributed by atoms with Gasteiger partial charge in [0.25, 0.3) is 0 Å². The van der Waals surface area contributed by atoms with Crippen LogP contribution in [-0.4, -0.2) is 16.0 Å². The summed E-state index contributed by atoms with van der Waals surface area (Å²) in [6.45, 7) is 0. The van der Waals surface area contributed by atoms with Crippen LogP contribution in [0.2, 0.25) is 0 Å². The minimum absolute atomic E-state index is 0.119. The van der Waals surface area contributed by atoms with Crippen LogP contribution in [0.15, 0.2) is 36.5 Å². The van der Waals surface area contributed by atoms with Gasteiger partial charge in [0.15, 0.2) is 5.78 Å². The van der Waals surface area contributed by atoms with Crippen molar-refractivity contribution < 1.29 is 4.79 Å². The third kappa shape index (κ3) is 2.70. The van der Waals surface area contributed by atoms with Gasteiger partial charge in [0, 0.05) is 11.8 Å². The van der Waals surface area contributed by atoms with Gasteiger partial charge in [-0.3, -0.25) is 4.79 Å². The van der Waals surface area contributed by atoms with Crippen molar-refractivity contribution >= 4 is 5.78 Å². The SMILES string of the molecule is O=C(Cc1cccnn1)c1ccc2c(c1)CCCC2. The first-order valence-electron chi connectivity index (χ1n) is 6.74. The molecule has 0 amide bonds. The Hall–Kier alpha value is -2.03. The zero-order chi connectivity index (χ0) is 13.1. The van der Waals surface area contributed by atoms with E-state index >= 15 is 0 Å². The van der Waals surface area contributed by atoms with Crippen molar-refractivity contribution in [2.45, 2.75) is 32.1 Å². The Morgan fingerprint density at radius 2 is 1.95 bits per heavy atom. The number of hydrogen-bond donors (Lipinski definition) is 0. The molecule has 0 unspecified atom stereocenters. The zero-order valence-electron chi connectivity index (χ0n) is 10.8. The van der Waals surface area contributed by atoms with E-state index in [1.54, 1.807) is 6.20 Å². The fourth-order valence-electron chi connectivity index (χ4n) is 2.60. The van der Waals surface area contributed by atoms with Crippen LogP contribution in [0.3, 0.4) is 0 Å². The summed E-state index contributed by atoms with van der Waals surface area (Å²) < 4.78 is 0. The highest BCUT2D eigenvalue weighted by Crippen LogP contribution is 2.22. The summed E-state index contributed by atoms with van der Waals surface area (Å²) in [6, 6.07) is 9.76. The average Bonchev–Trinajstić information content (AvgIpc) is 2.48. The van der Waals surface area contributed by atoms with Crippen LogP contribution < -0.4 is 0 Å². The maximum absolute atomic E-state index is 12.2. The van der Waals surface area contributed by atoms with E-state index in [1.807, 2.05) is 18.2 Å². The van der Waals surface area contributed by atoms with Crippen LogP contribution in [-0.2, 0) is 19.3 Å². The zero-order valence-corrected chi connectivity index (χ0v) is 10.8. The first kappa shape index (κ1) is 12.0. The highest BCUT2D eigenvalue weighted by Gasteiger charge is 2.13. The smallest absolute Gasteiger partial charge is 0.168 e. The minimum atomic E-state index is 0.119. The molecule has 0 radical (unpaired) electrons. The molecule has 3 nitrogen and oxygen atoms in total. The fraction of sp³-hybridized carbons (Fsp3) is 0.312.